The first-order chi connectivity index (χ1) is 19.7. The number of aromatic nitrogens is 2. The molecular weight excluding hydrogens is 550 g/mol. The van der Waals surface area contributed by atoms with Crippen molar-refractivity contribution in [2.24, 2.45) is 10.7 Å². The van der Waals surface area contributed by atoms with Crippen molar-refractivity contribution in [3.63, 3.8) is 0 Å². The normalized spacial score (nSPS) is 12.6. The minimum absolute atomic E-state index is 0.137. The van der Waals surface area contributed by atoms with Crippen molar-refractivity contribution in [3.8, 4) is 22.8 Å². The van der Waals surface area contributed by atoms with Crippen LogP contribution in [0.15, 0.2) is 77.8 Å². The molecule has 4 aromatic rings. The van der Waals surface area contributed by atoms with Gasteiger partial charge in [-0.05, 0) is 75.2 Å². The van der Waals surface area contributed by atoms with Crippen LogP contribution in [0.4, 0.5) is 17.6 Å². The number of rotatable bonds is 7. The first-order valence-corrected chi connectivity index (χ1v) is 12.9. The van der Waals surface area contributed by atoms with Crippen LogP contribution in [-0.4, -0.2) is 27.6 Å². The number of aliphatic imine (C=N–C) groups is 1. The quantitative estimate of drug-likeness (QED) is 0.184. The summed E-state index contributed by atoms with van der Waals surface area (Å²) in [5.41, 5.74) is 5.74. The van der Waals surface area contributed by atoms with E-state index in [9.17, 15) is 18.0 Å². The average Bonchev–Trinajstić information content (AvgIpc) is 2.92. The summed E-state index contributed by atoms with van der Waals surface area (Å²) in [5, 5.41) is 3.02. The molecule has 0 aliphatic heterocycles. The molecule has 2 heterocycles. The highest BCUT2D eigenvalue weighted by atomic mass is 19.4. The minimum atomic E-state index is -4.59. The molecule has 0 radical (unpaired) electrons. The molecule has 0 aliphatic rings. The number of pyridine rings is 2. The van der Waals surface area contributed by atoms with Gasteiger partial charge in [0.15, 0.2) is 0 Å². The molecule has 0 unspecified atom stereocenters. The Morgan fingerprint density at radius 3 is 2.50 bits per heavy atom. The maximum Gasteiger partial charge on any atom is 0.418 e. The Bertz CT molecular complexity index is 1690. The monoisotopic (exact) mass is 579 g/mol. The van der Waals surface area contributed by atoms with E-state index in [-0.39, 0.29) is 46.0 Å². The number of hydrogen-bond donors (Lipinski definition) is 2. The summed E-state index contributed by atoms with van der Waals surface area (Å²) in [6.45, 7) is 7.35. The van der Waals surface area contributed by atoms with E-state index in [1.165, 1.54) is 55.1 Å². The standard InChI is InChI=1S/C31H29F4N5O2/c1-18-12-20(14-28(41)40-21(16-36)17-39-30(2,3)4)24(32)15-27(18)42-26-9-11-37-25-8-7-19(13-22(25)26)29-23(31(33,34)35)6-5-10-38-29/h5-13,15-17H,14,36H2,1-4H3,(H,40,41)/b21-16+,39-17?. The molecule has 0 aliphatic carbocycles. The van der Waals surface area contributed by atoms with E-state index in [2.05, 4.69) is 20.3 Å². The minimum Gasteiger partial charge on any atom is -0.456 e. The number of carbonyl (C=O) groups excluding carboxylic acids is 1. The van der Waals surface area contributed by atoms with Gasteiger partial charge in [-0.25, -0.2) is 4.39 Å². The van der Waals surface area contributed by atoms with Crippen LogP contribution < -0.4 is 15.8 Å². The molecule has 0 spiro atoms. The fraction of sp³-hybridized carbons (Fsp3) is 0.226. The van der Waals surface area contributed by atoms with Crippen LogP contribution in [0.2, 0.25) is 0 Å². The lowest BCUT2D eigenvalue weighted by Gasteiger charge is -2.15. The second-order valence-electron chi connectivity index (χ2n) is 10.5. The molecule has 7 nitrogen and oxygen atoms in total. The molecular formula is C31H29F4N5O2. The molecule has 2 aromatic carbocycles. The molecule has 218 valence electrons. The number of ether oxygens (including phenoxy) is 1. The lowest BCUT2D eigenvalue weighted by Crippen LogP contribution is -2.27. The van der Waals surface area contributed by atoms with E-state index in [1.807, 2.05) is 20.8 Å². The van der Waals surface area contributed by atoms with E-state index >= 15 is 4.39 Å². The van der Waals surface area contributed by atoms with Crippen LogP contribution in [0.1, 0.15) is 37.5 Å². The Balaban J connectivity index is 1.60. The lowest BCUT2D eigenvalue weighted by molar-refractivity contribution is -0.137. The number of aryl methyl sites for hydroxylation is 1. The van der Waals surface area contributed by atoms with E-state index in [0.29, 0.717) is 16.5 Å². The van der Waals surface area contributed by atoms with E-state index in [1.54, 1.807) is 13.0 Å². The second-order valence-corrected chi connectivity index (χ2v) is 10.5. The third-order valence-corrected chi connectivity index (χ3v) is 6.06. The van der Waals surface area contributed by atoms with Crippen LogP contribution in [0.25, 0.3) is 22.2 Å². The summed E-state index contributed by atoms with van der Waals surface area (Å²) in [5.74, 6) is -0.729. The molecule has 0 bridgehead atoms. The third-order valence-electron chi connectivity index (χ3n) is 6.06. The maximum atomic E-state index is 15.1. The number of amides is 1. The summed E-state index contributed by atoms with van der Waals surface area (Å²) in [6, 6.07) is 11.0. The SMILES string of the molecule is Cc1cc(CC(=O)N/C(C=NC(C)(C)C)=C/N)c(F)cc1Oc1ccnc2ccc(-c3ncccc3C(F)(F)F)cc12. The van der Waals surface area contributed by atoms with E-state index in [4.69, 9.17) is 10.5 Å². The van der Waals surface area contributed by atoms with E-state index < -0.39 is 23.5 Å². The summed E-state index contributed by atoms with van der Waals surface area (Å²) in [4.78, 5) is 25.1. The van der Waals surface area contributed by atoms with Crippen molar-refractivity contribution in [2.75, 3.05) is 0 Å². The maximum absolute atomic E-state index is 15.1. The van der Waals surface area contributed by atoms with Gasteiger partial charge in [0, 0.05) is 41.8 Å². The number of nitrogens with two attached hydrogens (primary N) is 1. The van der Waals surface area contributed by atoms with Gasteiger partial charge in [-0.15, -0.1) is 0 Å². The first kappa shape index (κ1) is 30.2. The van der Waals surface area contributed by atoms with Gasteiger partial charge in [-0.1, -0.05) is 6.07 Å². The highest BCUT2D eigenvalue weighted by Crippen LogP contribution is 2.38. The van der Waals surface area contributed by atoms with Crippen molar-refractivity contribution >= 4 is 23.0 Å². The fourth-order valence-electron chi connectivity index (χ4n) is 4.07. The Labute approximate surface area is 240 Å². The fourth-order valence-corrected chi connectivity index (χ4v) is 4.07. The van der Waals surface area contributed by atoms with Crippen LogP contribution in [0, 0.1) is 12.7 Å². The van der Waals surface area contributed by atoms with Gasteiger partial charge < -0.3 is 15.8 Å². The Hall–Kier alpha value is -4.80. The predicted molar refractivity (Wildman–Crippen MR) is 154 cm³/mol. The van der Waals surface area contributed by atoms with Gasteiger partial charge in [-0.3, -0.25) is 19.8 Å². The van der Waals surface area contributed by atoms with Crippen molar-refractivity contribution in [1.29, 1.82) is 0 Å². The molecule has 0 fully saturated rings. The molecule has 0 saturated heterocycles. The second kappa shape index (κ2) is 12.0. The van der Waals surface area contributed by atoms with Gasteiger partial charge in [-0.2, -0.15) is 13.2 Å². The van der Waals surface area contributed by atoms with Gasteiger partial charge in [0.05, 0.1) is 34.4 Å². The smallest absolute Gasteiger partial charge is 0.418 e. The number of nitrogens with zero attached hydrogens (tertiary/aromatic N) is 3. The zero-order chi connectivity index (χ0) is 30.7. The van der Waals surface area contributed by atoms with Crippen molar-refractivity contribution < 1.29 is 27.1 Å². The molecule has 2 aromatic heterocycles. The number of halogens is 4. The number of alkyl halides is 3. The predicted octanol–water partition coefficient (Wildman–Crippen LogP) is 6.88. The number of benzene rings is 2. The number of nitrogens with one attached hydrogen (secondary N) is 1. The number of fused-ring (bicyclic) bond motifs is 1. The number of carbonyl (C=O) groups is 1. The summed E-state index contributed by atoms with van der Waals surface area (Å²) >= 11 is 0. The molecule has 0 saturated carbocycles. The molecule has 3 N–H and O–H groups in total. The van der Waals surface area contributed by atoms with E-state index in [0.717, 1.165) is 12.1 Å². The third kappa shape index (κ3) is 7.28. The number of hydrogen-bond acceptors (Lipinski definition) is 6. The lowest BCUT2D eigenvalue weighted by atomic mass is 10.0. The van der Waals surface area contributed by atoms with Gasteiger partial charge in [0.1, 0.15) is 17.3 Å². The Morgan fingerprint density at radius 2 is 1.81 bits per heavy atom. The highest BCUT2D eigenvalue weighted by molar-refractivity contribution is 5.90. The van der Waals surface area contributed by atoms with Crippen molar-refractivity contribution in [3.05, 3.63) is 95.3 Å². The molecule has 42 heavy (non-hydrogen) atoms. The van der Waals surface area contributed by atoms with Crippen LogP contribution in [-0.2, 0) is 17.4 Å². The van der Waals surface area contributed by atoms with Crippen LogP contribution >= 0.6 is 0 Å². The summed E-state index contributed by atoms with van der Waals surface area (Å²) in [6.07, 6.45) is 0.556. The summed E-state index contributed by atoms with van der Waals surface area (Å²) < 4.78 is 62.0. The van der Waals surface area contributed by atoms with Crippen molar-refractivity contribution in [2.45, 2.75) is 45.8 Å². The van der Waals surface area contributed by atoms with Gasteiger partial charge >= 0.3 is 6.18 Å². The average molecular weight is 580 g/mol. The molecule has 0 atom stereocenters. The topological polar surface area (TPSA) is 102 Å². The first-order valence-electron chi connectivity index (χ1n) is 12.9. The number of allylic oxidation sites excluding steroid dienone is 1. The van der Waals surface area contributed by atoms with Crippen LogP contribution in [0.5, 0.6) is 11.5 Å². The van der Waals surface area contributed by atoms with Crippen molar-refractivity contribution in [1.82, 2.24) is 15.3 Å². The molecule has 11 heteroatoms. The largest absolute Gasteiger partial charge is 0.456 e. The Kier molecular flexibility index (Phi) is 8.60. The highest BCUT2D eigenvalue weighted by Gasteiger charge is 2.34. The zero-order valence-electron chi connectivity index (χ0n) is 23.4. The molecule has 1 amide bonds. The van der Waals surface area contributed by atoms with Gasteiger partial charge in [0.2, 0.25) is 5.91 Å². The van der Waals surface area contributed by atoms with Gasteiger partial charge in [0.25, 0.3) is 0 Å². The zero-order valence-corrected chi connectivity index (χ0v) is 23.4. The van der Waals surface area contributed by atoms with Crippen LogP contribution in [0.3, 0.4) is 0 Å². The summed E-state index contributed by atoms with van der Waals surface area (Å²) in [7, 11) is 0. The molecule has 4 rings (SSSR count). The Morgan fingerprint density at radius 1 is 1.05 bits per heavy atom.